The first kappa shape index (κ1) is 21.9. The highest BCUT2D eigenvalue weighted by molar-refractivity contribution is 6.74. The molecule has 1 amide bonds. The Labute approximate surface area is 163 Å². The van der Waals surface area contributed by atoms with Crippen LogP contribution in [-0.2, 0) is 9.16 Å². The summed E-state index contributed by atoms with van der Waals surface area (Å²) in [4.78, 5) is 14.1. The van der Waals surface area contributed by atoms with Gasteiger partial charge in [0.1, 0.15) is 12.2 Å². The molecular formula is C20H33NO5Si. The Hall–Kier alpha value is -1.41. The number of β-amino-alcohol motifs (C(OH)–C–C–N with tert-alkyl or cyclic N) is 1. The molecule has 27 heavy (non-hydrogen) atoms. The lowest BCUT2D eigenvalue weighted by atomic mass is 9.89. The number of hydrogen-bond acceptors (Lipinski definition) is 5. The van der Waals surface area contributed by atoms with Crippen molar-refractivity contribution in [1.82, 2.24) is 4.90 Å². The summed E-state index contributed by atoms with van der Waals surface area (Å²) in [5.41, 5.74) is 0.847. The number of rotatable bonds is 4. The number of carbonyl (C=O) groups excluding carboxylic acids is 1. The third-order valence-electron chi connectivity index (χ3n) is 5.64. The minimum Gasteiger partial charge on any atom is -0.450 e. The highest BCUT2D eigenvalue weighted by Crippen LogP contribution is 2.42. The minimum atomic E-state index is -2.27. The first-order chi connectivity index (χ1) is 12.5. The largest absolute Gasteiger partial charge is 0.450 e. The molecule has 0 unspecified atom stereocenters. The summed E-state index contributed by atoms with van der Waals surface area (Å²) in [5.74, 6) is 0. The van der Waals surface area contributed by atoms with E-state index in [4.69, 9.17) is 9.16 Å². The van der Waals surface area contributed by atoms with Crippen LogP contribution in [0.25, 0.3) is 0 Å². The van der Waals surface area contributed by atoms with Gasteiger partial charge in [-0.15, -0.1) is 0 Å². The quantitative estimate of drug-likeness (QED) is 0.765. The van der Waals surface area contributed by atoms with Crippen LogP contribution in [0.1, 0.15) is 39.3 Å². The van der Waals surface area contributed by atoms with Gasteiger partial charge >= 0.3 is 6.09 Å². The summed E-state index contributed by atoms with van der Waals surface area (Å²) in [6, 6.07) is 8.96. The van der Waals surface area contributed by atoms with Crippen LogP contribution in [0.5, 0.6) is 0 Å². The van der Waals surface area contributed by atoms with Gasteiger partial charge in [0.05, 0.1) is 25.3 Å². The van der Waals surface area contributed by atoms with E-state index in [0.717, 1.165) is 5.56 Å². The SMILES string of the molecule is CCOC(=O)N1C[C@H](O)[C@H](O)[C@@H](O[Si](C)(C)C(C)(C)C)[C@H]1c1ccccc1. The second-order valence-electron chi connectivity index (χ2n) is 8.61. The fourth-order valence-corrected chi connectivity index (χ4v) is 4.37. The second kappa shape index (κ2) is 8.30. The zero-order chi connectivity index (χ0) is 20.4. The van der Waals surface area contributed by atoms with Crippen LogP contribution in [0.15, 0.2) is 30.3 Å². The Bertz CT molecular complexity index is 631. The molecule has 6 nitrogen and oxygen atoms in total. The average Bonchev–Trinajstić information content (AvgIpc) is 2.58. The number of carbonyl (C=O) groups is 1. The van der Waals surface area contributed by atoms with Gasteiger partial charge in [-0.2, -0.15) is 0 Å². The van der Waals surface area contributed by atoms with E-state index in [1.807, 2.05) is 30.3 Å². The molecule has 0 saturated carbocycles. The maximum Gasteiger partial charge on any atom is 0.410 e. The van der Waals surface area contributed by atoms with E-state index in [1.54, 1.807) is 6.92 Å². The Morgan fingerprint density at radius 1 is 1.22 bits per heavy atom. The molecule has 0 aliphatic carbocycles. The minimum absolute atomic E-state index is 0.00305. The summed E-state index contributed by atoms with van der Waals surface area (Å²) in [6.45, 7) is 12.5. The number of aliphatic hydroxyl groups is 2. The Balaban J connectivity index is 2.48. The molecular weight excluding hydrogens is 362 g/mol. The summed E-state index contributed by atoms with van der Waals surface area (Å²) >= 11 is 0. The van der Waals surface area contributed by atoms with Gasteiger partial charge in [-0.1, -0.05) is 51.1 Å². The van der Waals surface area contributed by atoms with Crippen LogP contribution in [0, 0.1) is 0 Å². The highest BCUT2D eigenvalue weighted by atomic mass is 28.4. The van der Waals surface area contributed by atoms with Gasteiger partial charge in [0.25, 0.3) is 0 Å². The van der Waals surface area contributed by atoms with E-state index in [2.05, 4.69) is 33.9 Å². The van der Waals surface area contributed by atoms with Gasteiger partial charge in [0.15, 0.2) is 8.32 Å². The summed E-state index contributed by atoms with van der Waals surface area (Å²) < 4.78 is 11.7. The molecule has 152 valence electrons. The Morgan fingerprint density at radius 3 is 2.33 bits per heavy atom. The second-order valence-corrected chi connectivity index (χ2v) is 13.4. The molecule has 1 aliphatic rings. The normalized spacial score (nSPS) is 26.7. The van der Waals surface area contributed by atoms with Crippen molar-refractivity contribution in [2.45, 2.75) is 70.2 Å². The fourth-order valence-electron chi connectivity index (χ4n) is 3.07. The van der Waals surface area contributed by atoms with Crippen molar-refractivity contribution in [1.29, 1.82) is 0 Å². The molecule has 0 spiro atoms. The van der Waals surface area contributed by atoms with Crippen LogP contribution < -0.4 is 0 Å². The number of amides is 1. The van der Waals surface area contributed by atoms with Gasteiger partial charge in [-0.05, 0) is 30.6 Å². The molecule has 1 fully saturated rings. The molecule has 4 atom stereocenters. The number of piperidine rings is 1. The molecule has 2 N–H and O–H groups in total. The molecule has 7 heteroatoms. The van der Waals surface area contributed by atoms with Gasteiger partial charge < -0.3 is 19.4 Å². The monoisotopic (exact) mass is 395 g/mol. The number of benzene rings is 1. The molecule has 1 aliphatic heterocycles. The predicted molar refractivity (Wildman–Crippen MR) is 107 cm³/mol. The number of likely N-dealkylation sites (tertiary alicyclic amines) is 1. The van der Waals surface area contributed by atoms with Crippen molar-refractivity contribution in [2.24, 2.45) is 0 Å². The van der Waals surface area contributed by atoms with Crippen molar-refractivity contribution in [3.8, 4) is 0 Å². The molecule has 0 bridgehead atoms. The lowest BCUT2D eigenvalue weighted by Gasteiger charge is -2.49. The van der Waals surface area contributed by atoms with Gasteiger partial charge in [-0.3, -0.25) is 4.90 Å². The van der Waals surface area contributed by atoms with E-state index in [-0.39, 0.29) is 18.2 Å². The molecule has 1 saturated heterocycles. The third kappa shape index (κ3) is 4.71. The van der Waals surface area contributed by atoms with Crippen molar-refractivity contribution < 1.29 is 24.2 Å². The summed E-state index contributed by atoms with van der Waals surface area (Å²) in [7, 11) is -2.27. The molecule has 1 heterocycles. The number of aliphatic hydroxyl groups excluding tert-OH is 2. The highest BCUT2D eigenvalue weighted by Gasteiger charge is 2.50. The van der Waals surface area contributed by atoms with Crippen LogP contribution in [-0.4, -0.2) is 61.0 Å². The van der Waals surface area contributed by atoms with Crippen LogP contribution in [0.4, 0.5) is 4.79 Å². The smallest absolute Gasteiger partial charge is 0.410 e. The zero-order valence-corrected chi connectivity index (χ0v) is 18.2. The van der Waals surface area contributed by atoms with Gasteiger partial charge in [0, 0.05) is 0 Å². The fraction of sp³-hybridized carbons (Fsp3) is 0.650. The molecule has 0 radical (unpaired) electrons. The lowest BCUT2D eigenvalue weighted by Crippen LogP contribution is -2.62. The van der Waals surface area contributed by atoms with Crippen LogP contribution in [0.3, 0.4) is 0 Å². The predicted octanol–water partition coefficient (Wildman–Crippen LogP) is 3.31. The van der Waals surface area contributed by atoms with E-state index >= 15 is 0 Å². The van der Waals surface area contributed by atoms with Crippen molar-refractivity contribution >= 4 is 14.4 Å². The number of ether oxygens (including phenoxy) is 1. The van der Waals surface area contributed by atoms with E-state index in [1.165, 1.54) is 4.90 Å². The lowest BCUT2D eigenvalue weighted by molar-refractivity contribution is -0.126. The molecule has 0 aromatic heterocycles. The van der Waals surface area contributed by atoms with Gasteiger partial charge in [0.2, 0.25) is 0 Å². The van der Waals surface area contributed by atoms with Crippen molar-refractivity contribution in [3.05, 3.63) is 35.9 Å². The Kier molecular flexibility index (Phi) is 6.73. The maximum atomic E-state index is 12.6. The van der Waals surface area contributed by atoms with Gasteiger partial charge in [-0.25, -0.2) is 4.79 Å². The maximum absolute atomic E-state index is 12.6. The molecule has 2 rings (SSSR count). The van der Waals surface area contributed by atoms with E-state index < -0.39 is 38.8 Å². The van der Waals surface area contributed by atoms with Crippen molar-refractivity contribution in [2.75, 3.05) is 13.2 Å². The number of nitrogens with zero attached hydrogens (tertiary/aromatic N) is 1. The standard InChI is InChI=1S/C20H33NO5Si/c1-7-25-19(24)21-13-15(22)17(23)18(26-27(5,6)20(2,3)4)16(21)14-11-9-8-10-12-14/h8-12,15-18,22-23H,7,13H2,1-6H3/t15-,16+,17-,18-/m0/s1. The first-order valence-corrected chi connectivity index (χ1v) is 12.4. The summed E-state index contributed by atoms with van der Waals surface area (Å²) in [5, 5.41) is 21.2. The third-order valence-corrected chi connectivity index (χ3v) is 10.1. The Morgan fingerprint density at radius 2 is 1.81 bits per heavy atom. The van der Waals surface area contributed by atoms with Crippen LogP contribution >= 0.6 is 0 Å². The van der Waals surface area contributed by atoms with Crippen molar-refractivity contribution in [3.63, 3.8) is 0 Å². The zero-order valence-electron chi connectivity index (χ0n) is 17.2. The topological polar surface area (TPSA) is 79.2 Å². The number of hydrogen-bond donors (Lipinski definition) is 2. The summed E-state index contributed by atoms with van der Waals surface area (Å²) in [6.07, 6.45) is -3.43. The molecule has 1 aromatic carbocycles. The van der Waals surface area contributed by atoms with E-state index in [9.17, 15) is 15.0 Å². The van der Waals surface area contributed by atoms with Crippen LogP contribution in [0.2, 0.25) is 18.1 Å². The van der Waals surface area contributed by atoms with E-state index in [0.29, 0.717) is 0 Å². The average molecular weight is 396 g/mol. The molecule has 1 aromatic rings. The first-order valence-electron chi connectivity index (χ1n) is 9.52.